The van der Waals surface area contributed by atoms with Gasteiger partial charge in [0, 0.05) is 25.3 Å². The van der Waals surface area contributed by atoms with E-state index in [9.17, 15) is 13.6 Å². The quantitative estimate of drug-likeness (QED) is 0.883. The van der Waals surface area contributed by atoms with E-state index in [1.165, 1.54) is 4.90 Å². The van der Waals surface area contributed by atoms with Crippen molar-refractivity contribution in [3.8, 4) is 0 Å². The molecule has 0 aromatic heterocycles. The molecule has 0 bridgehead atoms. The van der Waals surface area contributed by atoms with Gasteiger partial charge in [0.15, 0.2) is 11.6 Å². The first-order valence-corrected chi connectivity index (χ1v) is 6.44. The number of halogens is 2. The van der Waals surface area contributed by atoms with E-state index in [-0.39, 0.29) is 11.3 Å². The molecule has 2 N–H and O–H groups in total. The molecule has 0 aliphatic heterocycles. The van der Waals surface area contributed by atoms with Crippen molar-refractivity contribution in [3.05, 3.63) is 64.7 Å². The minimum atomic E-state index is -1.09. The van der Waals surface area contributed by atoms with Crippen LogP contribution in [0.3, 0.4) is 0 Å². The number of rotatable bonds is 3. The zero-order chi connectivity index (χ0) is 15.6. The zero-order valence-corrected chi connectivity index (χ0v) is 11.9. The average Bonchev–Trinajstić information content (AvgIpc) is 2.44. The third-order valence-corrected chi connectivity index (χ3v) is 3.34. The van der Waals surface area contributed by atoms with E-state index in [1.54, 1.807) is 7.05 Å². The van der Waals surface area contributed by atoms with Crippen molar-refractivity contribution in [2.24, 2.45) is 0 Å². The van der Waals surface area contributed by atoms with Crippen LogP contribution in [-0.2, 0) is 6.54 Å². The molecular weight excluding hydrogens is 274 g/mol. The van der Waals surface area contributed by atoms with Crippen LogP contribution in [0.5, 0.6) is 0 Å². The molecule has 0 heterocycles. The molecule has 110 valence electrons. The van der Waals surface area contributed by atoms with E-state index in [0.29, 0.717) is 6.54 Å². The van der Waals surface area contributed by atoms with E-state index in [2.05, 4.69) is 0 Å². The molecule has 2 aromatic carbocycles. The number of carbonyl (C=O) groups is 1. The SMILES string of the molecule is Cc1ccccc1CN(C)C(=O)c1cc(F)c(F)cc1N. The number of benzene rings is 2. The van der Waals surface area contributed by atoms with Crippen LogP contribution >= 0.6 is 0 Å². The highest BCUT2D eigenvalue weighted by atomic mass is 19.2. The molecule has 0 unspecified atom stereocenters. The molecule has 3 nitrogen and oxygen atoms in total. The molecule has 0 saturated heterocycles. The van der Waals surface area contributed by atoms with E-state index < -0.39 is 17.5 Å². The van der Waals surface area contributed by atoms with Gasteiger partial charge in [-0.2, -0.15) is 0 Å². The van der Waals surface area contributed by atoms with Crippen molar-refractivity contribution in [1.29, 1.82) is 0 Å². The van der Waals surface area contributed by atoms with Crippen molar-refractivity contribution in [3.63, 3.8) is 0 Å². The fraction of sp³-hybridized carbons (Fsp3) is 0.188. The lowest BCUT2D eigenvalue weighted by Crippen LogP contribution is -2.27. The first-order valence-electron chi connectivity index (χ1n) is 6.44. The Kier molecular flexibility index (Phi) is 4.21. The van der Waals surface area contributed by atoms with Gasteiger partial charge < -0.3 is 10.6 Å². The number of nitrogen functional groups attached to an aromatic ring is 1. The third kappa shape index (κ3) is 3.18. The standard InChI is InChI=1S/C16H16F2N2O/c1-10-5-3-4-6-11(10)9-20(2)16(21)12-7-13(17)14(18)8-15(12)19/h3-8H,9,19H2,1-2H3. The van der Waals surface area contributed by atoms with Crippen molar-refractivity contribution in [2.45, 2.75) is 13.5 Å². The Morgan fingerprint density at radius 1 is 1.19 bits per heavy atom. The number of amides is 1. The molecule has 1 amide bonds. The monoisotopic (exact) mass is 290 g/mol. The third-order valence-electron chi connectivity index (χ3n) is 3.34. The smallest absolute Gasteiger partial charge is 0.256 e. The van der Waals surface area contributed by atoms with Gasteiger partial charge in [-0.1, -0.05) is 24.3 Å². The van der Waals surface area contributed by atoms with Gasteiger partial charge in [-0.25, -0.2) is 8.78 Å². The lowest BCUT2D eigenvalue weighted by molar-refractivity contribution is 0.0785. The average molecular weight is 290 g/mol. The Hall–Kier alpha value is -2.43. The fourth-order valence-electron chi connectivity index (χ4n) is 2.07. The van der Waals surface area contributed by atoms with Crippen LogP contribution in [0.25, 0.3) is 0 Å². The summed E-state index contributed by atoms with van der Waals surface area (Å²) in [6.45, 7) is 2.31. The van der Waals surface area contributed by atoms with Crippen molar-refractivity contribution >= 4 is 11.6 Å². The molecule has 0 aliphatic rings. The van der Waals surface area contributed by atoms with Crippen LogP contribution in [0, 0.1) is 18.6 Å². The Balaban J connectivity index is 2.24. The number of hydrogen-bond donors (Lipinski definition) is 1. The normalized spacial score (nSPS) is 10.5. The molecule has 0 saturated carbocycles. The summed E-state index contributed by atoms with van der Waals surface area (Å²) in [6.07, 6.45) is 0. The van der Waals surface area contributed by atoms with Crippen LogP contribution in [-0.4, -0.2) is 17.9 Å². The van der Waals surface area contributed by atoms with Crippen molar-refractivity contribution in [2.75, 3.05) is 12.8 Å². The molecule has 0 atom stereocenters. The lowest BCUT2D eigenvalue weighted by atomic mass is 10.1. The summed E-state index contributed by atoms with van der Waals surface area (Å²) < 4.78 is 26.3. The summed E-state index contributed by atoms with van der Waals surface area (Å²) in [5.74, 6) is -2.60. The number of aryl methyl sites for hydroxylation is 1. The second kappa shape index (κ2) is 5.91. The van der Waals surface area contributed by atoms with Crippen LogP contribution in [0.2, 0.25) is 0 Å². The summed E-state index contributed by atoms with van der Waals surface area (Å²) in [7, 11) is 1.59. The van der Waals surface area contributed by atoms with Crippen LogP contribution < -0.4 is 5.73 Å². The fourth-order valence-corrected chi connectivity index (χ4v) is 2.07. The molecule has 0 radical (unpaired) electrons. The maximum atomic E-state index is 13.3. The topological polar surface area (TPSA) is 46.3 Å². The molecule has 2 rings (SSSR count). The zero-order valence-electron chi connectivity index (χ0n) is 11.9. The predicted octanol–water partition coefficient (Wildman–Crippen LogP) is 3.13. The van der Waals surface area contributed by atoms with Gasteiger partial charge in [0.2, 0.25) is 0 Å². The minimum absolute atomic E-state index is 0.0371. The number of nitrogens with two attached hydrogens (primary N) is 1. The minimum Gasteiger partial charge on any atom is -0.398 e. The summed E-state index contributed by atoms with van der Waals surface area (Å²) in [5, 5.41) is 0. The van der Waals surface area contributed by atoms with E-state index >= 15 is 0 Å². The first-order chi connectivity index (χ1) is 9.90. The molecule has 0 aliphatic carbocycles. The Morgan fingerprint density at radius 2 is 1.81 bits per heavy atom. The van der Waals surface area contributed by atoms with Crippen molar-refractivity contribution < 1.29 is 13.6 Å². The summed E-state index contributed by atoms with van der Waals surface area (Å²) in [5.41, 5.74) is 7.52. The maximum Gasteiger partial charge on any atom is 0.256 e. The first kappa shape index (κ1) is 15.0. The number of carbonyl (C=O) groups excluding carboxylic acids is 1. The van der Waals surface area contributed by atoms with Crippen molar-refractivity contribution in [1.82, 2.24) is 4.90 Å². The van der Waals surface area contributed by atoms with Crippen LogP contribution in [0.4, 0.5) is 14.5 Å². The van der Waals surface area contributed by atoms with Gasteiger partial charge in [0.1, 0.15) is 0 Å². The highest BCUT2D eigenvalue weighted by Crippen LogP contribution is 2.19. The predicted molar refractivity (Wildman–Crippen MR) is 77.7 cm³/mol. The van der Waals surface area contributed by atoms with Gasteiger partial charge in [0.25, 0.3) is 5.91 Å². The highest BCUT2D eigenvalue weighted by molar-refractivity contribution is 5.99. The Morgan fingerprint density at radius 3 is 2.48 bits per heavy atom. The summed E-state index contributed by atoms with van der Waals surface area (Å²) in [4.78, 5) is 13.7. The van der Waals surface area contributed by atoms with Gasteiger partial charge >= 0.3 is 0 Å². The number of nitrogens with zero attached hydrogens (tertiary/aromatic N) is 1. The second-order valence-electron chi connectivity index (χ2n) is 4.94. The van der Waals surface area contributed by atoms with Crippen LogP contribution in [0.1, 0.15) is 21.5 Å². The molecular formula is C16H16F2N2O. The highest BCUT2D eigenvalue weighted by Gasteiger charge is 2.18. The maximum absolute atomic E-state index is 13.3. The Bertz CT molecular complexity index is 686. The van der Waals surface area contributed by atoms with Gasteiger partial charge in [-0.3, -0.25) is 4.79 Å². The summed E-state index contributed by atoms with van der Waals surface area (Å²) in [6, 6.07) is 9.30. The molecule has 2 aromatic rings. The number of hydrogen-bond acceptors (Lipinski definition) is 2. The van der Waals surface area contributed by atoms with Gasteiger partial charge in [-0.15, -0.1) is 0 Å². The molecule has 0 fully saturated rings. The number of anilines is 1. The second-order valence-corrected chi connectivity index (χ2v) is 4.94. The molecule has 5 heteroatoms. The van der Waals surface area contributed by atoms with E-state index in [1.807, 2.05) is 31.2 Å². The van der Waals surface area contributed by atoms with E-state index in [4.69, 9.17) is 5.73 Å². The Labute approximate surface area is 122 Å². The molecule has 21 heavy (non-hydrogen) atoms. The van der Waals surface area contributed by atoms with E-state index in [0.717, 1.165) is 23.3 Å². The molecule has 0 spiro atoms. The van der Waals surface area contributed by atoms with Crippen LogP contribution in [0.15, 0.2) is 36.4 Å². The van der Waals surface area contributed by atoms with Gasteiger partial charge in [0.05, 0.1) is 5.56 Å². The largest absolute Gasteiger partial charge is 0.398 e. The summed E-state index contributed by atoms with van der Waals surface area (Å²) >= 11 is 0. The lowest BCUT2D eigenvalue weighted by Gasteiger charge is -2.19. The van der Waals surface area contributed by atoms with Gasteiger partial charge in [-0.05, 0) is 24.1 Å².